The maximum atomic E-state index is 13.8. The molecule has 28 heavy (non-hydrogen) atoms. The van der Waals surface area contributed by atoms with Crippen LogP contribution < -0.4 is 14.2 Å². The summed E-state index contributed by atoms with van der Waals surface area (Å²) >= 11 is 0. The average molecular weight is 390 g/mol. The Kier molecular flexibility index (Phi) is 7.08. The van der Waals surface area contributed by atoms with Crippen molar-refractivity contribution in [2.24, 2.45) is 5.92 Å². The molecule has 0 N–H and O–H groups in total. The molecule has 1 saturated carbocycles. The summed E-state index contributed by atoms with van der Waals surface area (Å²) in [4.78, 5) is 15.9. The molecule has 0 bridgehead atoms. The first-order chi connectivity index (χ1) is 13.6. The zero-order chi connectivity index (χ0) is 20.1. The maximum absolute atomic E-state index is 13.8. The van der Waals surface area contributed by atoms with Crippen LogP contribution in [0.25, 0.3) is 0 Å². The van der Waals surface area contributed by atoms with Gasteiger partial charge in [-0.3, -0.25) is 4.79 Å². The Hall–Kier alpha value is -1.91. The first-order valence-electron chi connectivity index (χ1n) is 10.7. The van der Waals surface area contributed by atoms with Gasteiger partial charge in [0.05, 0.1) is 27.2 Å². The summed E-state index contributed by atoms with van der Waals surface area (Å²) in [7, 11) is 4.87. The number of likely N-dealkylation sites (tertiary alicyclic amines) is 1. The summed E-state index contributed by atoms with van der Waals surface area (Å²) < 4.78 is 16.6. The van der Waals surface area contributed by atoms with E-state index in [2.05, 4.69) is 11.8 Å². The molecular formula is C23H35NO4. The quantitative estimate of drug-likeness (QED) is 0.703. The van der Waals surface area contributed by atoms with E-state index in [0.717, 1.165) is 37.8 Å². The molecule has 156 valence electrons. The van der Waals surface area contributed by atoms with Gasteiger partial charge in [-0.2, -0.15) is 0 Å². The van der Waals surface area contributed by atoms with Crippen molar-refractivity contribution in [2.45, 2.75) is 70.3 Å². The molecule has 2 atom stereocenters. The number of ether oxygens (including phenoxy) is 3. The van der Waals surface area contributed by atoms with Gasteiger partial charge in [0.25, 0.3) is 0 Å². The van der Waals surface area contributed by atoms with Gasteiger partial charge in [0.1, 0.15) is 0 Å². The summed E-state index contributed by atoms with van der Waals surface area (Å²) in [5.41, 5.74) is 0.990. The Morgan fingerprint density at radius 1 is 0.929 bits per heavy atom. The van der Waals surface area contributed by atoms with Crippen LogP contribution >= 0.6 is 0 Å². The lowest BCUT2D eigenvalue weighted by Crippen LogP contribution is -2.46. The van der Waals surface area contributed by atoms with Gasteiger partial charge in [0.15, 0.2) is 11.5 Å². The van der Waals surface area contributed by atoms with Crippen LogP contribution in [0.3, 0.4) is 0 Å². The van der Waals surface area contributed by atoms with Crippen LogP contribution in [0.5, 0.6) is 17.2 Å². The number of nitrogens with zero attached hydrogens (tertiary/aromatic N) is 1. The van der Waals surface area contributed by atoms with E-state index in [4.69, 9.17) is 14.2 Å². The van der Waals surface area contributed by atoms with Crippen LogP contribution in [0.4, 0.5) is 0 Å². The highest BCUT2D eigenvalue weighted by Crippen LogP contribution is 2.44. The number of carbonyl (C=O) groups excluding carboxylic acids is 1. The second kappa shape index (κ2) is 9.53. The van der Waals surface area contributed by atoms with E-state index in [0.29, 0.717) is 29.2 Å². The summed E-state index contributed by atoms with van der Waals surface area (Å²) in [6, 6.07) is 4.27. The van der Waals surface area contributed by atoms with E-state index in [-0.39, 0.29) is 11.8 Å². The summed E-state index contributed by atoms with van der Waals surface area (Å²) in [6.45, 7) is 3.05. The van der Waals surface area contributed by atoms with E-state index in [1.807, 2.05) is 12.1 Å². The predicted octanol–water partition coefficient (Wildman–Crippen LogP) is 4.78. The molecule has 2 fully saturated rings. The minimum atomic E-state index is -0.144. The third kappa shape index (κ3) is 4.23. The van der Waals surface area contributed by atoms with Gasteiger partial charge in [0, 0.05) is 12.6 Å². The number of carbonyl (C=O) groups is 1. The van der Waals surface area contributed by atoms with Gasteiger partial charge in [0.2, 0.25) is 11.7 Å². The zero-order valence-electron chi connectivity index (χ0n) is 17.8. The Morgan fingerprint density at radius 2 is 1.54 bits per heavy atom. The highest BCUT2D eigenvalue weighted by atomic mass is 16.5. The fourth-order valence-electron chi connectivity index (χ4n) is 4.97. The molecule has 1 heterocycles. The van der Waals surface area contributed by atoms with Crippen LogP contribution in [0.2, 0.25) is 0 Å². The SMILES string of the molecule is COc1cc([C@@H](C(=O)N2CCCC[C@@H]2C)C2CCCCC2)cc(OC)c1OC. The third-order valence-corrected chi connectivity index (χ3v) is 6.52. The van der Waals surface area contributed by atoms with Gasteiger partial charge in [-0.25, -0.2) is 0 Å². The molecule has 5 nitrogen and oxygen atoms in total. The van der Waals surface area contributed by atoms with Crippen molar-refractivity contribution in [1.29, 1.82) is 0 Å². The van der Waals surface area contributed by atoms with E-state index in [9.17, 15) is 4.79 Å². The second-order valence-electron chi connectivity index (χ2n) is 8.21. The first kappa shape index (κ1) is 20.8. The van der Waals surface area contributed by atoms with Gasteiger partial charge < -0.3 is 19.1 Å². The van der Waals surface area contributed by atoms with Crippen LogP contribution in [-0.2, 0) is 4.79 Å². The lowest BCUT2D eigenvalue weighted by Gasteiger charge is -2.39. The number of amides is 1. The monoisotopic (exact) mass is 389 g/mol. The molecule has 3 rings (SSSR count). The molecule has 1 aromatic rings. The lowest BCUT2D eigenvalue weighted by atomic mass is 9.75. The van der Waals surface area contributed by atoms with Crippen molar-refractivity contribution in [3.63, 3.8) is 0 Å². The maximum Gasteiger partial charge on any atom is 0.230 e. The van der Waals surface area contributed by atoms with Crippen molar-refractivity contribution < 1.29 is 19.0 Å². The van der Waals surface area contributed by atoms with Crippen molar-refractivity contribution in [3.8, 4) is 17.2 Å². The fourth-order valence-corrected chi connectivity index (χ4v) is 4.97. The van der Waals surface area contributed by atoms with E-state index in [1.54, 1.807) is 21.3 Å². The topological polar surface area (TPSA) is 48.0 Å². The Labute approximate surface area is 169 Å². The first-order valence-corrected chi connectivity index (χ1v) is 10.7. The molecule has 1 aliphatic carbocycles. The predicted molar refractivity (Wildman–Crippen MR) is 110 cm³/mol. The molecule has 1 amide bonds. The van der Waals surface area contributed by atoms with Crippen molar-refractivity contribution in [1.82, 2.24) is 4.90 Å². The van der Waals surface area contributed by atoms with Gasteiger partial charge in [-0.15, -0.1) is 0 Å². The fraction of sp³-hybridized carbons (Fsp3) is 0.696. The molecule has 0 spiro atoms. The molecule has 0 unspecified atom stereocenters. The standard InChI is InChI=1S/C23H35NO4/c1-16-10-8-9-13-24(16)23(25)21(17-11-6-5-7-12-17)18-14-19(26-2)22(28-4)20(15-18)27-3/h14-17,21H,5-13H2,1-4H3/t16-,21-/m0/s1. The number of rotatable bonds is 6. The van der Waals surface area contributed by atoms with Crippen LogP contribution in [-0.4, -0.2) is 44.7 Å². The third-order valence-electron chi connectivity index (χ3n) is 6.52. The van der Waals surface area contributed by atoms with E-state index in [1.165, 1.54) is 25.7 Å². The van der Waals surface area contributed by atoms with Gasteiger partial charge in [-0.05, 0) is 62.6 Å². The zero-order valence-corrected chi connectivity index (χ0v) is 17.8. The highest BCUT2D eigenvalue weighted by Gasteiger charge is 2.37. The Balaban J connectivity index is 2.02. The largest absolute Gasteiger partial charge is 0.493 e. The van der Waals surface area contributed by atoms with Crippen LogP contribution in [0.1, 0.15) is 69.8 Å². The summed E-state index contributed by atoms with van der Waals surface area (Å²) in [6.07, 6.45) is 9.30. The molecule has 0 aromatic heterocycles. The molecular weight excluding hydrogens is 354 g/mol. The molecule has 0 radical (unpaired) electrons. The van der Waals surface area contributed by atoms with Crippen molar-refractivity contribution in [2.75, 3.05) is 27.9 Å². The minimum absolute atomic E-state index is 0.144. The van der Waals surface area contributed by atoms with E-state index >= 15 is 0 Å². The van der Waals surface area contributed by atoms with Gasteiger partial charge >= 0.3 is 0 Å². The number of hydrogen-bond acceptors (Lipinski definition) is 4. The summed E-state index contributed by atoms with van der Waals surface area (Å²) in [5.74, 6) is 2.32. The van der Waals surface area contributed by atoms with Crippen molar-refractivity contribution in [3.05, 3.63) is 17.7 Å². The minimum Gasteiger partial charge on any atom is -0.493 e. The summed E-state index contributed by atoms with van der Waals surface area (Å²) in [5, 5.41) is 0. The number of hydrogen-bond donors (Lipinski definition) is 0. The molecule has 1 aliphatic heterocycles. The van der Waals surface area contributed by atoms with Crippen molar-refractivity contribution >= 4 is 5.91 Å². The second-order valence-corrected chi connectivity index (χ2v) is 8.21. The van der Waals surface area contributed by atoms with Crippen LogP contribution in [0.15, 0.2) is 12.1 Å². The number of piperidine rings is 1. The van der Waals surface area contributed by atoms with E-state index < -0.39 is 0 Å². The molecule has 1 saturated heterocycles. The molecule has 5 heteroatoms. The molecule has 1 aromatic carbocycles. The van der Waals surface area contributed by atoms with Crippen LogP contribution in [0, 0.1) is 5.92 Å². The Morgan fingerprint density at radius 3 is 2.07 bits per heavy atom. The lowest BCUT2D eigenvalue weighted by molar-refractivity contribution is -0.137. The average Bonchev–Trinajstić information content (AvgIpc) is 2.74. The number of benzene rings is 1. The highest BCUT2D eigenvalue weighted by molar-refractivity contribution is 5.85. The number of methoxy groups -OCH3 is 3. The normalized spacial score (nSPS) is 21.9. The smallest absolute Gasteiger partial charge is 0.230 e. The van der Waals surface area contributed by atoms with Gasteiger partial charge in [-0.1, -0.05) is 19.3 Å². The molecule has 2 aliphatic rings. The Bertz CT molecular complexity index is 644.